The second-order valence-corrected chi connectivity index (χ2v) is 3.00. The van der Waals surface area contributed by atoms with Crippen LogP contribution in [0.4, 0.5) is 0 Å². The minimum Gasteiger partial charge on any atom is -0.395 e. The lowest BCUT2D eigenvalue weighted by Crippen LogP contribution is -2.24. The van der Waals surface area contributed by atoms with E-state index in [1.807, 2.05) is 19.4 Å². The Morgan fingerprint density at radius 2 is 2.50 bits per heavy atom. The fourth-order valence-electron chi connectivity index (χ4n) is 1.04. The minimum atomic E-state index is -0.106. The van der Waals surface area contributed by atoms with Crippen molar-refractivity contribution in [2.75, 3.05) is 6.61 Å². The smallest absolute Gasteiger partial charge is 0.0582 e. The van der Waals surface area contributed by atoms with E-state index in [0.717, 1.165) is 12.8 Å². The van der Waals surface area contributed by atoms with E-state index in [-0.39, 0.29) is 12.6 Å². The summed E-state index contributed by atoms with van der Waals surface area (Å²) in [5.41, 5.74) is 6.72. The van der Waals surface area contributed by atoms with Gasteiger partial charge in [-0.3, -0.25) is 4.68 Å². The van der Waals surface area contributed by atoms with Crippen molar-refractivity contribution in [3.63, 3.8) is 0 Å². The van der Waals surface area contributed by atoms with Crippen molar-refractivity contribution >= 4 is 0 Å². The van der Waals surface area contributed by atoms with Gasteiger partial charge in [0.25, 0.3) is 0 Å². The van der Waals surface area contributed by atoms with Gasteiger partial charge in [-0.2, -0.15) is 5.10 Å². The lowest BCUT2D eigenvalue weighted by atomic mass is 10.1. The maximum atomic E-state index is 8.67. The normalized spacial score (nSPS) is 13.2. The Morgan fingerprint density at radius 1 is 1.75 bits per heavy atom. The molecule has 3 N–H and O–H groups in total. The van der Waals surface area contributed by atoms with Crippen LogP contribution in [0.25, 0.3) is 0 Å². The van der Waals surface area contributed by atoms with Gasteiger partial charge in [-0.15, -0.1) is 0 Å². The number of aryl methyl sites for hydroxylation is 2. The number of aliphatic hydroxyl groups is 1. The number of aliphatic hydroxyl groups excluding tert-OH is 1. The lowest BCUT2D eigenvalue weighted by Gasteiger charge is -2.04. The Hall–Kier alpha value is -0.870. The summed E-state index contributed by atoms with van der Waals surface area (Å²) in [6.07, 6.45) is 5.48. The first kappa shape index (κ1) is 9.22. The van der Waals surface area contributed by atoms with Crippen LogP contribution in [0.15, 0.2) is 12.4 Å². The molecule has 68 valence electrons. The molecule has 4 heteroatoms. The highest BCUT2D eigenvalue weighted by Gasteiger charge is 2.01. The van der Waals surface area contributed by atoms with Gasteiger partial charge in [-0.05, 0) is 18.4 Å². The Bertz CT molecular complexity index is 234. The van der Waals surface area contributed by atoms with Gasteiger partial charge in [0, 0.05) is 19.3 Å². The number of rotatable bonds is 4. The molecule has 1 aromatic heterocycles. The van der Waals surface area contributed by atoms with Gasteiger partial charge in [-0.25, -0.2) is 0 Å². The highest BCUT2D eigenvalue weighted by molar-refractivity contribution is 5.03. The molecule has 1 heterocycles. The first-order valence-corrected chi connectivity index (χ1v) is 4.06. The average molecular weight is 169 g/mol. The third-order valence-electron chi connectivity index (χ3n) is 1.80. The monoisotopic (exact) mass is 169 g/mol. The predicted octanol–water partition coefficient (Wildman–Crippen LogP) is -0.328. The number of aromatic nitrogens is 2. The highest BCUT2D eigenvalue weighted by atomic mass is 16.3. The topological polar surface area (TPSA) is 64.1 Å². The maximum Gasteiger partial charge on any atom is 0.0582 e. The molecule has 0 saturated heterocycles. The van der Waals surface area contributed by atoms with Gasteiger partial charge in [0.1, 0.15) is 0 Å². The van der Waals surface area contributed by atoms with Crippen molar-refractivity contribution in [1.82, 2.24) is 9.78 Å². The van der Waals surface area contributed by atoms with E-state index >= 15 is 0 Å². The summed E-state index contributed by atoms with van der Waals surface area (Å²) in [6, 6.07) is -0.106. The third-order valence-corrected chi connectivity index (χ3v) is 1.80. The first-order chi connectivity index (χ1) is 5.72. The zero-order valence-corrected chi connectivity index (χ0v) is 7.27. The Kier molecular flexibility index (Phi) is 3.25. The Morgan fingerprint density at radius 3 is 3.00 bits per heavy atom. The van der Waals surface area contributed by atoms with Crippen molar-refractivity contribution in [1.29, 1.82) is 0 Å². The molecule has 1 rings (SSSR count). The molecule has 12 heavy (non-hydrogen) atoms. The lowest BCUT2D eigenvalue weighted by molar-refractivity contribution is 0.260. The second-order valence-electron chi connectivity index (χ2n) is 3.00. The van der Waals surface area contributed by atoms with E-state index in [4.69, 9.17) is 10.8 Å². The standard InChI is InChI=1S/C8H15N3O/c1-11-5-7(4-10-11)2-3-8(9)6-12/h4-5,8,12H,2-3,6,9H2,1H3. The summed E-state index contributed by atoms with van der Waals surface area (Å²) in [6.45, 7) is 0.0558. The molecule has 0 amide bonds. The molecule has 0 saturated carbocycles. The van der Waals surface area contributed by atoms with Crippen LogP contribution in [0.2, 0.25) is 0 Å². The number of hydrogen-bond donors (Lipinski definition) is 2. The van der Waals surface area contributed by atoms with Gasteiger partial charge < -0.3 is 10.8 Å². The van der Waals surface area contributed by atoms with Crippen LogP contribution >= 0.6 is 0 Å². The quantitative estimate of drug-likeness (QED) is 0.649. The van der Waals surface area contributed by atoms with Crippen molar-refractivity contribution in [3.8, 4) is 0 Å². The van der Waals surface area contributed by atoms with Crippen LogP contribution in [0.3, 0.4) is 0 Å². The molecule has 1 aromatic rings. The van der Waals surface area contributed by atoms with E-state index in [2.05, 4.69) is 5.10 Å². The van der Waals surface area contributed by atoms with Crippen LogP contribution in [-0.2, 0) is 13.5 Å². The van der Waals surface area contributed by atoms with Crippen LogP contribution in [0.1, 0.15) is 12.0 Å². The average Bonchev–Trinajstić information content (AvgIpc) is 2.47. The molecule has 0 spiro atoms. The van der Waals surface area contributed by atoms with Crippen LogP contribution in [0.5, 0.6) is 0 Å². The van der Waals surface area contributed by atoms with E-state index in [0.29, 0.717) is 0 Å². The largest absolute Gasteiger partial charge is 0.395 e. The van der Waals surface area contributed by atoms with Gasteiger partial charge in [0.2, 0.25) is 0 Å². The molecule has 1 unspecified atom stereocenters. The van der Waals surface area contributed by atoms with Crippen molar-refractivity contribution in [3.05, 3.63) is 18.0 Å². The van der Waals surface area contributed by atoms with Crippen LogP contribution in [0, 0.1) is 0 Å². The summed E-state index contributed by atoms with van der Waals surface area (Å²) in [4.78, 5) is 0. The number of nitrogens with zero attached hydrogens (tertiary/aromatic N) is 2. The fourth-order valence-corrected chi connectivity index (χ4v) is 1.04. The summed E-state index contributed by atoms with van der Waals surface area (Å²) in [5, 5.41) is 12.7. The first-order valence-electron chi connectivity index (χ1n) is 4.06. The van der Waals surface area contributed by atoms with E-state index in [1.54, 1.807) is 4.68 Å². The molecule has 1 atom stereocenters. The third kappa shape index (κ3) is 2.64. The van der Waals surface area contributed by atoms with Gasteiger partial charge in [0.05, 0.1) is 12.8 Å². The van der Waals surface area contributed by atoms with E-state index in [1.165, 1.54) is 5.56 Å². The van der Waals surface area contributed by atoms with Crippen molar-refractivity contribution in [2.24, 2.45) is 12.8 Å². The SMILES string of the molecule is Cn1cc(CCC(N)CO)cn1. The van der Waals surface area contributed by atoms with Crippen molar-refractivity contribution in [2.45, 2.75) is 18.9 Å². The van der Waals surface area contributed by atoms with E-state index in [9.17, 15) is 0 Å². The molecule has 0 aliphatic rings. The maximum absolute atomic E-state index is 8.67. The Labute approximate surface area is 72.0 Å². The summed E-state index contributed by atoms with van der Waals surface area (Å²) in [7, 11) is 1.88. The molecule has 0 radical (unpaired) electrons. The highest BCUT2D eigenvalue weighted by Crippen LogP contribution is 2.01. The van der Waals surface area contributed by atoms with Crippen LogP contribution < -0.4 is 5.73 Å². The fraction of sp³-hybridized carbons (Fsp3) is 0.625. The Balaban J connectivity index is 2.33. The number of hydrogen-bond acceptors (Lipinski definition) is 3. The van der Waals surface area contributed by atoms with Crippen molar-refractivity contribution < 1.29 is 5.11 Å². The molecular formula is C8H15N3O. The molecular weight excluding hydrogens is 154 g/mol. The molecule has 0 fully saturated rings. The van der Waals surface area contributed by atoms with Gasteiger partial charge in [0.15, 0.2) is 0 Å². The summed E-state index contributed by atoms with van der Waals surface area (Å²) in [5.74, 6) is 0. The van der Waals surface area contributed by atoms with Crippen LogP contribution in [-0.4, -0.2) is 27.5 Å². The summed E-state index contributed by atoms with van der Waals surface area (Å²) < 4.78 is 1.76. The zero-order valence-electron chi connectivity index (χ0n) is 7.27. The predicted molar refractivity (Wildman–Crippen MR) is 46.6 cm³/mol. The zero-order chi connectivity index (χ0) is 8.97. The molecule has 0 aliphatic carbocycles. The van der Waals surface area contributed by atoms with Gasteiger partial charge >= 0.3 is 0 Å². The second kappa shape index (κ2) is 4.23. The molecule has 4 nitrogen and oxygen atoms in total. The molecule has 0 bridgehead atoms. The number of nitrogens with two attached hydrogens (primary N) is 1. The molecule has 0 aromatic carbocycles. The molecule has 0 aliphatic heterocycles. The van der Waals surface area contributed by atoms with Gasteiger partial charge in [-0.1, -0.05) is 0 Å². The minimum absolute atomic E-state index is 0.0558. The summed E-state index contributed by atoms with van der Waals surface area (Å²) >= 11 is 0. The van der Waals surface area contributed by atoms with E-state index < -0.39 is 0 Å².